The molecule has 0 unspecified atom stereocenters. The number of halogens is 2. The minimum atomic E-state index is -0.652. The third-order valence-electron chi connectivity index (χ3n) is 2.40. The molecule has 18 heavy (non-hydrogen) atoms. The molecule has 0 aromatic heterocycles. The van der Waals surface area contributed by atoms with Crippen LogP contribution in [0.4, 0.5) is 4.39 Å². The van der Waals surface area contributed by atoms with E-state index in [-0.39, 0.29) is 24.0 Å². The number of hydrogen-bond donors (Lipinski definition) is 2. The Morgan fingerprint density at radius 2 is 2.33 bits per heavy atom. The van der Waals surface area contributed by atoms with Crippen LogP contribution in [0.2, 0.25) is 5.02 Å². The van der Waals surface area contributed by atoms with Crippen LogP contribution in [0.3, 0.4) is 0 Å². The minimum absolute atomic E-state index is 0.00106. The number of carbonyl (C=O) groups is 1. The maximum absolute atomic E-state index is 13.3. The molecule has 6 heteroatoms. The second-order valence-corrected chi connectivity index (χ2v) is 4.13. The van der Waals surface area contributed by atoms with Gasteiger partial charge >= 0.3 is 0 Å². The smallest absolute Gasteiger partial charge is 0.222 e. The van der Waals surface area contributed by atoms with Gasteiger partial charge in [0.15, 0.2) is 0 Å². The summed E-state index contributed by atoms with van der Waals surface area (Å²) in [5.74, 6) is -0.856. The van der Waals surface area contributed by atoms with Crippen molar-refractivity contribution in [3.63, 3.8) is 0 Å². The summed E-state index contributed by atoms with van der Waals surface area (Å²) in [7, 11) is 1.49. The lowest BCUT2D eigenvalue weighted by atomic mass is 10.1. The highest BCUT2D eigenvalue weighted by Gasteiger charge is 2.15. The van der Waals surface area contributed by atoms with Gasteiger partial charge in [-0.2, -0.15) is 0 Å². The summed E-state index contributed by atoms with van der Waals surface area (Å²) >= 11 is 5.56. The highest BCUT2D eigenvalue weighted by molar-refractivity contribution is 6.30. The van der Waals surface area contributed by atoms with Crippen LogP contribution in [0, 0.1) is 5.82 Å². The first kappa shape index (κ1) is 14.9. The first-order chi connectivity index (χ1) is 8.58. The molecule has 1 atom stereocenters. The molecule has 4 nitrogen and oxygen atoms in total. The fourth-order valence-corrected chi connectivity index (χ4v) is 1.54. The predicted octanol–water partition coefficient (Wildman–Crippen LogP) is 1.67. The SMILES string of the molecule is COCCC(=O)N[C@@H](CO)c1ccc(Cl)c(F)c1. The number of ether oxygens (including phenoxy) is 1. The molecule has 0 bridgehead atoms. The van der Waals surface area contributed by atoms with Gasteiger partial charge in [0.2, 0.25) is 5.91 Å². The van der Waals surface area contributed by atoms with Crippen LogP contribution in [0.25, 0.3) is 0 Å². The van der Waals surface area contributed by atoms with Gasteiger partial charge in [0.25, 0.3) is 0 Å². The van der Waals surface area contributed by atoms with Gasteiger partial charge in [-0.15, -0.1) is 0 Å². The molecule has 0 heterocycles. The van der Waals surface area contributed by atoms with Crippen molar-refractivity contribution in [3.05, 3.63) is 34.6 Å². The fourth-order valence-electron chi connectivity index (χ4n) is 1.42. The van der Waals surface area contributed by atoms with Crippen LogP contribution in [-0.4, -0.2) is 31.3 Å². The maximum Gasteiger partial charge on any atom is 0.222 e. The van der Waals surface area contributed by atoms with Gasteiger partial charge in [0.1, 0.15) is 5.82 Å². The first-order valence-electron chi connectivity index (χ1n) is 5.42. The molecular weight excluding hydrogens is 261 g/mol. The lowest BCUT2D eigenvalue weighted by Gasteiger charge is -2.17. The van der Waals surface area contributed by atoms with Crippen LogP contribution in [0.15, 0.2) is 18.2 Å². The number of aliphatic hydroxyl groups excluding tert-OH is 1. The number of benzene rings is 1. The molecule has 1 aromatic carbocycles. The summed E-state index contributed by atoms with van der Waals surface area (Å²) in [4.78, 5) is 11.5. The number of methoxy groups -OCH3 is 1. The zero-order valence-corrected chi connectivity index (χ0v) is 10.7. The van der Waals surface area contributed by atoms with Crippen LogP contribution in [-0.2, 0) is 9.53 Å². The third kappa shape index (κ3) is 4.25. The van der Waals surface area contributed by atoms with Crippen molar-refractivity contribution in [2.45, 2.75) is 12.5 Å². The first-order valence-corrected chi connectivity index (χ1v) is 5.80. The van der Waals surface area contributed by atoms with Crippen LogP contribution in [0.1, 0.15) is 18.0 Å². The monoisotopic (exact) mass is 275 g/mol. The number of amides is 1. The van der Waals surface area contributed by atoms with E-state index in [1.54, 1.807) is 6.07 Å². The summed E-state index contributed by atoms with van der Waals surface area (Å²) < 4.78 is 18.0. The summed E-state index contributed by atoms with van der Waals surface area (Å²) in [5.41, 5.74) is 0.463. The van der Waals surface area contributed by atoms with E-state index in [0.29, 0.717) is 12.2 Å². The number of nitrogens with one attached hydrogen (secondary N) is 1. The zero-order valence-electron chi connectivity index (χ0n) is 9.95. The zero-order chi connectivity index (χ0) is 13.5. The molecule has 1 rings (SSSR count). The lowest BCUT2D eigenvalue weighted by Crippen LogP contribution is -2.31. The fraction of sp³-hybridized carbons (Fsp3) is 0.417. The Kier molecular flexibility index (Phi) is 6.04. The Hall–Kier alpha value is -1.17. The van der Waals surface area contributed by atoms with Gasteiger partial charge in [0.05, 0.1) is 24.3 Å². The van der Waals surface area contributed by atoms with Crippen molar-refractivity contribution in [2.75, 3.05) is 20.3 Å². The molecular formula is C12H15ClFNO3. The normalized spacial score (nSPS) is 12.2. The summed E-state index contributed by atoms with van der Waals surface area (Å²) in [5, 5.41) is 11.8. The molecule has 100 valence electrons. The quantitative estimate of drug-likeness (QED) is 0.830. The van der Waals surface area contributed by atoms with Gasteiger partial charge in [0, 0.05) is 13.5 Å². The summed E-state index contributed by atoms with van der Waals surface area (Å²) in [6.07, 6.45) is 0.184. The molecule has 0 spiro atoms. The minimum Gasteiger partial charge on any atom is -0.394 e. The number of rotatable bonds is 6. The van der Waals surface area contributed by atoms with E-state index in [1.807, 2.05) is 0 Å². The Morgan fingerprint density at radius 1 is 1.61 bits per heavy atom. The average molecular weight is 276 g/mol. The van der Waals surface area contributed by atoms with Gasteiger partial charge in [-0.3, -0.25) is 4.79 Å². The highest BCUT2D eigenvalue weighted by atomic mass is 35.5. The van der Waals surface area contributed by atoms with Crippen LogP contribution >= 0.6 is 11.6 Å². The third-order valence-corrected chi connectivity index (χ3v) is 2.70. The largest absolute Gasteiger partial charge is 0.394 e. The number of aliphatic hydroxyl groups is 1. The Bertz CT molecular complexity index is 414. The summed E-state index contributed by atoms with van der Waals surface area (Å²) in [6.45, 7) is -0.0290. The standard InChI is InChI=1S/C12H15ClFNO3/c1-18-5-4-12(17)15-11(7-16)8-2-3-9(13)10(14)6-8/h2-3,6,11,16H,4-5,7H2,1H3,(H,15,17)/t11-/m0/s1. The van der Waals surface area contributed by atoms with E-state index in [9.17, 15) is 14.3 Å². The molecule has 0 aliphatic heterocycles. The second-order valence-electron chi connectivity index (χ2n) is 3.72. The van der Waals surface area contributed by atoms with Gasteiger partial charge in [-0.25, -0.2) is 4.39 Å². The van der Waals surface area contributed by atoms with E-state index in [1.165, 1.54) is 19.2 Å². The molecule has 0 saturated carbocycles. The van der Waals surface area contributed by atoms with E-state index in [4.69, 9.17) is 16.3 Å². The van der Waals surface area contributed by atoms with Gasteiger partial charge < -0.3 is 15.2 Å². The van der Waals surface area contributed by atoms with Crippen molar-refractivity contribution >= 4 is 17.5 Å². The maximum atomic E-state index is 13.3. The van der Waals surface area contributed by atoms with Gasteiger partial charge in [-0.1, -0.05) is 17.7 Å². The topological polar surface area (TPSA) is 58.6 Å². The summed E-state index contributed by atoms with van der Waals surface area (Å²) in [6, 6.07) is 3.49. The molecule has 0 radical (unpaired) electrons. The molecule has 1 aromatic rings. The molecule has 0 aliphatic rings. The van der Waals surface area contributed by atoms with Crippen molar-refractivity contribution < 1.29 is 19.0 Å². The predicted molar refractivity (Wildman–Crippen MR) is 65.9 cm³/mol. The second kappa shape index (κ2) is 7.31. The van der Waals surface area contributed by atoms with E-state index >= 15 is 0 Å². The average Bonchev–Trinajstić information content (AvgIpc) is 2.37. The lowest BCUT2D eigenvalue weighted by molar-refractivity contribution is -0.123. The van der Waals surface area contributed by atoms with E-state index < -0.39 is 11.9 Å². The molecule has 0 saturated heterocycles. The highest BCUT2D eigenvalue weighted by Crippen LogP contribution is 2.20. The molecule has 1 amide bonds. The van der Waals surface area contributed by atoms with E-state index in [2.05, 4.69) is 5.32 Å². The van der Waals surface area contributed by atoms with Crippen molar-refractivity contribution in [1.82, 2.24) is 5.32 Å². The van der Waals surface area contributed by atoms with Crippen molar-refractivity contribution in [1.29, 1.82) is 0 Å². The van der Waals surface area contributed by atoms with Gasteiger partial charge in [-0.05, 0) is 17.7 Å². The molecule has 0 aliphatic carbocycles. The number of hydrogen-bond acceptors (Lipinski definition) is 3. The molecule has 0 fully saturated rings. The van der Waals surface area contributed by atoms with Crippen molar-refractivity contribution in [2.24, 2.45) is 0 Å². The van der Waals surface area contributed by atoms with Crippen LogP contribution < -0.4 is 5.32 Å². The van der Waals surface area contributed by atoms with E-state index in [0.717, 1.165) is 0 Å². The van der Waals surface area contributed by atoms with Crippen LogP contribution in [0.5, 0.6) is 0 Å². The Balaban J connectivity index is 2.70. The Morgan fingerprint density at radius 3 is 2.89 bits per heavy atom. The molecule has 2 N–H and O–H groups in total. The number of carbonyl (C=O) groups excluding carboxylic acids is 1. The van der Waals surface area contributed by atoms with Crippen molar-refractivity contribution in [3.8, 4) is 0 Å². The Labute approximate surface area is 110 Å².